The Morgan fingerprint density at radius 2 is 1.64 bits per heavy atom. The molecule has 0 radical (unpaired) electrons. The number of aryl methyl sites for hydroxylation is 1. The number of hydrogen-bond donors (Lipinski definition) is 1. The van der Waals surface area contributed by atoms with Crippen molar-refractivity contribution < 1.29 is 0 Å². The van der Waals surface area contributed by atoms with Crippen LogP contribution >= 0.6 is 0 Å². The highest BCUT2D eigenvalue weighted by atomic mass is 15.4. The van der Waals surface area contributed by atoms with E-state index in [0.29, 0.717) is 12.6 Å². The minimum atomic E-state index is 0.580. The molecule has 0 unspecified atom stereocenters. The monoisotopic (exact) mass is 387 g/mol. The Labute approximate surface area is 169 Å². The molecule has 1 saturated heterocycles. The molecule has 156 valence electrons. The molecule has 2 saturated carbocycles. The number of hydrogen-bond acceptors (Lipinski definition) is 4. The molecule has 2 heterocycles. The van der Waals surface area contributed by atoms with Gasteiger partial charge in [0.1, 0.15) is 12.4 Å². The average Bonchev–Trinajstić information content (AvgIpc) is 3.37. The lowest BCUT2D eigenvalue weighted by Gasteiger charge is -2.42. The molecular weight excluding hydrogens is 350 g/mol. The van der Waals surface area contributed by atoms with Crippen molar-refractivity contribution in [3.63, 3.8) is 0 Å². The first kappa shape index (κ1) is 19.7. The fourth-order valence-electron chi connectivity index (χ4n) is 4.97. The maximum atomic E-state index is 4.98. The van der Waals surface area contributed by atoms with Crippen LogP contribution in [0.25, 0.3) is 0 Å². The normalized spacial score (nSPS) is 23.5. The van der Waals surface area contributed by atoms with Crippen molar-refractivity contribution >= 4 is 5.96 Å². The van der Waals surface area contributed by atoms with E-state index >= 15 is 0 Å². The zero-order chi connectivity index (χ0) is 19.3. The summed E-state index contributed by atoms with van der Waals surface area (Å²) in [4.78, 5) is 10.2. The Hall–Kier alpha value is -1.63. The molecule has 3 fully saturated rings. The minimum absolute atomic E-state index is 0.580. The van der Waals surface area contributed by atoms with Crippen molar-refractivity contribution in [3.05, 3.63) is 11.6 Å². The van der Waals surface area contributed by atoms with Crippen LogP contribution in [0.15, 0.2) is 4.99 Å². The Morgan fingerprint density at radius 1 is 0.964 bits per heavy atom. The van der Waals surface area contributed by atoms with Crippen molar-refractivity contribution in [2.45, 2.75) is 83.3 Å². The molecular formula is C21H37N7. The Morgan fingerprint density at radius 3 is 2.29 bits per heavy atom. The predicted molar refractivity (Wildman–Crippen MR) is 112 cm³/mol. The largest absolute Gasteiger partial charge is 0.353 e. The van der Waals surface area contributed by atoms with Gasteiger partial charge in [0.25, 0.3) is 0 Å². The summed E-state index contributed by atoms with van der Waals surface area (Å²) in [5, 5.41) is 12.2. The van der Waals surface area contributed by atoms with Gasteiger partial charge in [-0.15, -0.1) is 10.2 Å². The zero-order valence-electron chi connectivity index (χ0n) is 17.7. The molecule has 1 N–H and O–H groups in total. The van der Waals surface area contributed by atoms with Gasteiger partial charge < -0.3 is 14.8 Å². The summed E-state index contributed by atoms with van der Waals surface area (Å²) in [5.41, 5.74) is 0. The smallest absolute Gasteiger partial charge is 0.194 e. The molecule has 7 nitrogen and oxygen atoms in total. The molecule has 28 heavy (non-hydrogen) atoms. The minimum Gasteiger partial charge on any atom is -0.353 e. The predicted octanol–water partition coefficient (Wildman–Crippen LogP) is 2.46. The van der Waals surface area contributed by atoms with Gasteiger partial charge in [0, 0.05) is 45.3 Å². The van der Waals surface area contributed by atoms with Gasteiger partial charge in [-0.3, -0.25) is 4.90 Å². The van der Waals surface area contributed by atoms with Crippen LogP contribution in [0.2, 0.25) is 0 Å². The van der Waals surface area contributed by atoms with E-state index in [1.807, 2.05) is 18.5 Å². The lowest BCUT2D eigenvalue weighted by molar-refractivity contribution is 0.105. The molecule has 0 spiro atoms. The molecule has 0 bridgehead atoms. The summed E-state index contributed by atoms with van der Waals surface area (Å²) in [6.07, 6.45) is 12.3. The van der Waals surface area contributed by atoms with E-state index < -0.39 is 0 Å². The molecule has 0 atom stereocenters. The lowest BCUT2D eigenvalue weighted by Crippen LogP contribution is -2.56. The first-order chi connectivity index (χ1) is 13.7. The van der Waals surface area contributed by atoms with Gasteiger partial charge >= 0.3 is 0 Å². The average molecular weight is 388 g/mol. The molecule has 3 aliphatic rings. The molecule has 0 amide bonds. The van der Waals surface area contributed by atoms with Crippen molar-refractivity contribution in [1.82, 2.24) is 29.9 Å². The number of rotatable bonds is 4. The van der Waals surface area contributed by atoms with Gasteiger partial charge in [-0.05, 0) is 32.6 Å². The fraction of sp³-hybridized carbons (Fsp3) is 0.857. The molecule has 4 rings (SSSR count). The van der Waals surface area contributed by atoms with E-state index in [2.05, 4.69) is 25.3 Å². The summed E-state index contributed by atoms with van der Waals surface area (Å²) in [7, 11) is 2.02. The van der Waals surface area contributed by atoms with Crippen molar-refractivity contribution in [1.29, 1.82) is 0 Å². The molecule has 2 aliphatic carbocycles. The van der Waals surface area contributed by atoms with E-state index in [1.54, 1.807) is 0 Å². The highest BCUT2D eigenvalue weighted by Crippen LogP contribution is 2.24. The van der Waals surface area contributed by atoms with Crippen LogP contribution in [0.3, 0.4) is 0 Å². The summed E-state index contributed by atoms with van der Waals surface area (Å²) in [6, 6.07) is 1.40. The van der Waals surface area contributed by atoms with Crippen molar-refractivity contribution in [2.75, 3.05) is 26.2 Å². The van der Waals surface area contributed by atoms with Crippen LogP contribution in [-0.2, 0) is 13.6 Å². The molecule has 7 heteroatoms. The van der Waals surface area contributed by atoms with Crippen molar-refractivity contribution in [3.8, 4) is 0 Å². The first-order valence-corrected chi connectivity index (χ1v) is 11.4. The zero-order valence-corrected chi connectivity index (χ0v) is 17.7. The van der Waals surface area contributed by atoms with E-state index in [4.69, 9.17) is 4.99 Å². The third kappa shape index (κ3) is 4.67. The lowest BCUT2D eigenvalue weighted by atomic mass is 9.94. The van der Waals surface area contributed by atoms with Gasteiger partial charge in [-0.1, -0.05) is 32.1 Å². The van der Waals surface area contributed by atoms with E-state index in [-0.39, 0.29) is 0 Å². The van der Waals surface area contributed by atoms with Crippen LogP contribution in [-0.4, -0.2) is 68.8 Å². The molecule has 1 aromatic rings. The third-order valence-corrected chi connectivity index (χ3v) is 6.95. The second-order valence-electron chi connectivity index (χ2n) is 8.80. The van der Waals surface area contributed by atoms with Crippen LogP contribution in [0, 0.1) is 6.92 Å². The summed E-state index contributed by atoms with van der Waals surface area (Å²) in [6.45, 7) is 7.07. The standard InChI is InChI=1S/C21H37N7/c1-17-24-25-20(26(17)2)16-22-21(23-18-8-6-7-9-18)28-14-12-27(13-15-28)19-10-4-3-5-11-19/h18-19H,3-16H2,1-2H3,(H,22,23). The molecule has 1 aliphatic heterocycles. The third-order valence-electron chi connectivity index (χ3n) is 6.95. The molecule has 0 aromatic carbocycles. The summed E-state index contributed by atoms with van der Waals surface area (Å²) in [5.74, 6) is 2.96. The highest BCUT2D eigenvalue weighted by molar-refractivity contribution is 5.80. The van der Waals surface area contributed by atoms with Crippen LogP contribution < -0.4 is 5.32 Å². The quantitative estimate of drug-likeness (QED) is 0.635. The van der Waals surface area contributed by atoms with Crippen molar-refractivity contribution in [2.24, 2.45) is 12.0 Å². The molecule has 1 aromatic heterocycles. The second kappa shape index (κ2) is 9.25. The SMILES string of the molecule is Cc1nnc(CN=C(NC2CCCC2)N2CCN(C3CCCCC3)CC2)n1C. The maximum Gasteiger partial charge on any atom is 0.194 e. The summed E-state index contributed by atoms with van der Waals surface area (Å²) < 4.78 is 2.04. The van der Waals surface area contributed by atoms with E-state index in [9.17, 15) is 0 Å². The van der Waals surface area contributed by atoms with Crippen LogP contribution in [0.1, 0.15) is 69.4 Å². The van der Waals surface area contributed by atoms with E-state index in [1.165, 1.54) is 70.9 Å². The van der Waals surface area contributed by atoms with Crippen LogP contribution in [0.5, 0.6) is 0 Å². The van der Waals surface area contributed by atoms with Crippen LogP contribution in [0.4, 0.5) is 0 Å². The van der Waals surface area contributed by atoms with Gasteiger partial charge in [-0.25, -0.2) is 4.99 Å². The first-order valence-electron chi connectivity index (χ1n) is 11.4. The summed E-state index contributed by atoms with van der Waals surface area (Å²) >= 11 is 0. The Bertz CT molecular complexity index is 648. The number of piperazine rings is 1. The van der Waals surface area contributed by atoms with Gasteiger partial charge in [0.2, 0.25) is 0 Å². The van der Waals surface area contributed by atoms with E-state index in [0.717, 1.165) is 36.7 Å². The van der Waals surface area contributed by atoms with Gasteiger partial charge in [-0.2, -0.15) is 0 Å². The Balaban J connectivity index is 1.40. The number of aliphatic imine (C=N–C) groups is 1. The Kier molecular flexibility index (Phi) is 6.50. The maximum absolute atomic E-state index is 4.98. The fourth-order valence-corrected chi connectivity index (χ4v) is 4.97. The number of guanidine groups is 1. The number of aromatic nitrogens is 3. The number of nitrogens with one attached hydrogen (secondary N) is 1. The second-order valence-corrected chi connectivity index (χ2v) is 8.80. The topological polar surface area (TPSA) is 61.6 Å². The highest BCUT2D eigenvalue weighted by Gasteiger charge is 2.27. The van der Waals surface area contributed by atoms with Gasteiger partial charge in [0.05, 0.1) is 0 Å². The number of nitrogens with zero attached hydrogens (tertiary/aromatic N) is 6. The van der Waals surface area contributed by atoms with Gasteiger partial charge in [0.15, 0.2) is 11.8 Å².